The third kappa shape index (κ3) is 2.95. The highest BCUT2D eigenvalue weighted by Gasteiger charge is 2.21. The number of terminal acetylenes is 1. The molecule has 94 valence electrons. The van der Waals surface area contributed by atoms with Crippen LogP contribution in [0.4, 0.5) is 15.8 Å². The van der Waals surface area contributed by atoms with Gasteiger partial charge in [-0.15, -0.1) is 12.3 Å². The van der Waals surface area contributed by atoms with E-state index in [9.17, 15) is 19.3 Å². The number of halogens is 1. The predicted octanol–water partition coefficient (Wildman–Crippen LogP) is 1.87. The molecular weight excluding hydrogens is 243 g/mol. The molecule has 7 heteroatoms. The molecule has 0 atom stereocenters. The molecule has 0 heterocycles. The zero-order chi connectivity index (χ0) is 13.7. The summed E-state index contributed by atoms with van der Waals surface area (Å²) >= 11 is 0. The molecule has 0 fully saturated rings. The van der Waals surface area contributed by atoms with Gasteiger partial charge < -0.3 is 10.4 Å². The van der Waals surface area contributed by atoms with Crippen molar-refractivity contribution < 1.29 is 19.2 Å². The van der Waals surface area contributed by atoms with Gasteiger partial charge in [0.25, 0.3) is 5.69 Å². The first-order valence-electron chi connectivity index (χ1n) is 4.86. The van der Waals surface area contributed by atoms with Crippen LogP contribution in [-0.2, 0) is 0 Å². The highest BCUT2D eigenvalue weighted by atomic mass is 19.1. The fourth-order valence-corrected chi connectivity index (χ4v) is 1.29. The van der Waals surface area contributed by atoms with E-state index in [4.69, 9.17) is 11.5 Å². The molecule has 0 radical (unpaired) electrons. The Hall–Kier alpha value is -2.62. The Morgan fingerprint density at radius 2 is 2.28 bits per heavy atom. The van der Waals surface area contributed by atoms with Crippen molar-refractivity contribution in [3.63, 3.8) is 0 Å². The molecule has 0 aliphatic carbocycles. The standard InChI is InChI=1S/C11H9FN2O4/c1-2-3-4-13-9-5-7(11(15)16)8(12)6-10(9)14(17)18/h1,5-6,13H,3-4H2,(H,15,16). The van der Waals surface area contributed by atoms with Crippen LogP contribution < -0.4 is 5.32 Å². The summed E-state index contributed by atoms with van der Waals surface area (Å²) in [6.45, 7) is 0.224. The van der Waals surface area contributed by atoms with Gasteiger partial charge in [0.05, 0.1) is 16.6 Å². The van der Waals surface area contributed by atoms with Crippen molar-refractivity contribution in [3.8, 4) is 12.3 Å². The van der Waals surface area contributed by atoms with Gasteiger partial charge in [-0.05, 0) is 6.07 Å². The number of hydrogen-bond acceptors (Lipinski definition) is 4. The van der Waals surface area contributed by atoms with Crippen LogP contribution in [0, 0.1) is 28.3 Å². The second-order valence-corrected chi connectivity index (χ2v) is 3.29. The number of carbonyl (C=O) groups is 1. The first kappa shape index (κ1) is 13.4. The van der Waals surface area contributed by atoms with Gasteiger partial charge in [-0.2, -0.15) is 0 Å². The minimum absolute atomic E-state index is 0.0750. The Kier molecular flexibility index (Phi) is 4.21. The first-order chi connectivity index (χ1) is 8.47. The third-order valence-electron chi connectivity index (χ3n) is 2.10. The number of carboxylic acid groups (broad SMARTS) is 1. The summed E-state index contributed by atoms with van der Waals surface area (Å²) in [6.07, 6.45) is 5.32. The normalized spacial score (nSPS) is 9.56. The zero-order valence-electron chi connectivity index (χ0n) is 9.14. The molecule has 0 saturated carbocycles. The Balaban J connectivity index is 3.18. The van der Waals surface area contributed by atoms with E-state index in [-0.39, 0.29) is 12.2 Å². The summed E-state index contributed by atoms with van der Waals surface area (Å²) in [5, 5.41) is 22.0. The van der Waals surface area contributed by atoms with Gasteiger partial charge in [0.15, 0.2) is 0 Å². The fraction of sp³-hybridized carbons (Fsp3) is 0.182. The highest BCUT2D eigenvalue weighted by molar-refractivity contribution is 5.90. The lowest BCUT2D eigenvalue weighted by molar-refractivity contribution is -0.384. The van der Waals surface area contributed by atoms with Crippen LogP contribution >= 0.6 is 0 Å². The maximum atomic E-state index is 13.3. The second kappa shape index (κ2) is 5.63. The predicted molar refractivity (Wildman–Crippen MR) is 62.0 cm³/mol. The minimum atomic E-state index is -1.50. The molecular formula is C11H9FN2O4. The number of nitro benzene ring substituents is 1. The van der Waals surface area contributed by atoms with Crippen molar-refractivity contribution in [2.24, 2.45) is 0 Å². The topological polar surface area (TPSA) is 92.5 Å². The summed E-state index contributed by atoms with van der Waals surface area (Å²) in [7, 11) is 0. The maximum Gasteiger partial charge on any atom is 0.338 e. The molecule has 1 aromatic rings. The Bertz CT molecular complexity index is 537. The van der Waals surface area contributed by atoms with Crippen molar-refractivity contribution in [2.75, 3.05) is 11.9 Å². The van der Waals surface area contributed by atoms with Gasteiger partial charge in [0.1, 0.15) is 11.5 Å². The van der Waals surface area contributed by atoms with Gasteiger partial charge in [-0.3, -0.25) is 10.1 Å². The molecule has 18 heavy (non-hydrogen) atoms. The van der Waals surface area contributed by atoms with E-state index in [1.54, 1.807) is 0 Å². The van der Waals surface area contributed by atoms with Crippen molar-refractivity contribution in [3.05, 3.63) is 33.6 Å². The van der Waals surface area contributed by atoms with E-state index in [1.807, 2.05) is 0 Å². The average molecular weight is 252 g/mol. The third-order valence-corrected chi connectivity index (χ3v) is 2.10. The molecule has 0 aromatic heterocycles. The quantitative estimate of drug-likeness (QED) is 0.361. The van der Waals surface area contributed by atoms with E-state index in [2.05, 4.69) is 11.2 Å². The Labute approximate surface area is 102 Å². The van der Waals surface area contributed by atoms with E-state index >= 15 is 0 Å². The SMILES string of the molecule is C#CCCNc1cc(C(=O)O)c(F)cc1[N+](=O)[O-]. The lowest BCUT2D eigenvalue weighted by Crippen LogP contribution is -2.08. The number of nitrogens with one attached hydrogen (secondary N) is 1. The molecule has 0 aliphatic rings. The van der Waals surface area contributed by atoms with E-state index in [0.717, 1.165) is 6.07 Å². The summed E-state index contributed by atoms with van der Waals surface area (Å²) in [6, 6.07) is 1.45. The van der Waals surface area contributed by atoms with Gasteiger partial charge in [0, 0.05) is 13.0 Å². The Morgan fingerprint density at radius 1 is 1.61 bits per heavy atom. The van der Waals surface area contributed by atoms with Crippen LogP contribution in [0.2, 0.25) is 0 Å². The van der Waals surface area contributed by atoms with Gasteiger partial charge in [0.2, 0.25) is 0 Å². The lowest BCUT2D eigenvalue weighted by atomic mass is 10.1. The molecule has 0 aliphatic heterocycles. The number of benzene rings is 1. The fourth-order valence-electron chi connectivity index (χ4n) is 1.29. The number of aromatic carboxylic acids is 1. The molecule has 1 aromatic carbocycles. The monoisotopic (exact) mass is 252 g/mol. The largest absolute Gasteiger partial charge is 0.478 e. The number of rotatable bonds is 5. The van der Waals surface area contributed by atoms with Gasteiger partial charge in [-0.25, -0.2) is 9.18 Å². The van der Waals surface area contributed by atoms with Crippen molar-refractivity contribution in [1.82, 2.24) is 0 Å². The number of nitro groups is 1. The second-order valence-electron chi connectivity index (χ2n) is 3.29. The molecule has 0 bridgehead atoms. The van der Waals surface area contributed by atoms with Gasteiger partial charge in [-0.1, -0.05) is 0 Å². The van der Waals surface area contributed by atoms with Crippen LogP contribution in [0.3, 0.4) is 0 Å². The molecule has 2 N–H and O–H groups in total. The smallest absolute Gasteiger partial charge is 0.338 e. The molecule has 0 amide bonds. The van der Waals surface area contributed by atoms with Crippen LogP contribution in [-0.4, -0.2) is 22.5 Å². The zero-order valence-corrected chi connectivity index (χ0v) is 9.14. The maximum absolute atomic E-state index is 13.3. The molecule has 0 spiro atoms. The van der Waals surface area contributed by atoms with Gasteiger partial charge >= 0.3 is 5.97 Å². The number of nitrogens with zero attached hydrogens (tertiary/aromatic N) is 1. The number of anilines is 1. The number of carboxylic acids is 1. The summed E-state index contributed by atoms with van der Waals surface area (Å²) in [4.78, 5) is 20.6. The van der Waals surface area contributed by atoms with Crippen molar-refractivity contribution in [1.29, 1.82) is 0 Å². The Morgan fingerprint density at radius 3 is 2.78 bits per heavy atom. The molecule has 0 unspecified atom stereocenters. The summed E-state index contributed by atoms with van der Waals surface area (Å²) < 4.78 is 13.3. The van der Waals surface area contributed by atoms with Crippen LogP contribution in [0.15, 0.2) is 12.1 Å². The highest BCUT2D eigenvalue weighted by Crippen LogP contribution is 2.27. The van der Waals surface area contributed by atoms with Crippen molar-refractivity contribution >= 4 is 17.3 Å². The van der Waals surface area contributed by atoms with E-state index < -0.39 is 28.0 Å². The van der Waals surface area contributed by atoms with Crippen LogP contribution in [0.25, 0.3) is 0 Å². The van der Waals surface area contributed by atoms with Crippen molar-refractivity contribution in [2.45, 2.75) is 6.42 Å². The lowest BCUT2D eigenvalue weighted by Gasteiger charge is -2.07. The van der Waals surface area contributed by atoms with E-state index in [0.29, 0.717) is 12.5 Å². The minimum Gasteiger partial charge on any atom is -0.478 e. The first-order valence-corrected chi connectivity index (χ1v) is 4.86. The van der Waals surface area contributed by atoms with Crippen LogP contribution in [0.1, 0.15) is 16.8 Å². The van der Waals surface area contributed by atoms with E-state index in [1.165, 1.54) is 0 Å². The molecule has 0 saturated heterocycles. The van der Waals surface area contributed by atoms with Crippen LogP contribution in [0.5, 0.6) is 0 Å². The summed E-state index contributed by atoms with van der Waals surface area (Å²) in [5.74, 6) is -0.341. The summed E-state index contributed by atoms with van der Waals surface area (Å²) in [5.41, 5.74) is -1.24. The average Bonchev–Trinajstić information content (AvgIpc) is 2.30. The molecule has 1 rings (SSSR count). The number of hydrogen-bond donors (Lipinski definition) is 2. The molecule has 6 nitrogen and oxygen atoms in total.